The molecule has 4 heteroatoms. The van der Waals surface area contributed by atoms with Crippen LogP contribution in [0, 0.1) is 20.8 Å². The fourth-order valence-electron chi connectivity index (χ4n) is 2.33. The van der Waals surface area contributed by atoms with Gasteiger partial charge in [0, 0.05) is 0 Å². The summed E-state index contributed by atoms with van der Waals surface area (Å²) < 4.78 is 24.9. The van der Waals surface area contributed by atoms with Crippen LogP contribution in [-0.2, 0) is 9.84 Å². The number of aliphatic hydroxyl groups excluding tert-OH is 1. The highest BCUT2D eigenvalue weighted by Gasteiger charge is 2.22. The Hall–Kier alpha value is -1.65. The van der Waals surface area contributed by atoms with Crippen LogP contribution in [0.15, 0.2) is 47.4 Å². The molecular formula is C17H20O3S. The van der Waals surface area contributed by atoms with Crippen molar-refractivity contribution < 1.29 is 13.5 Å². The van der Waals surface area contributed by atoms with Gasteiger partial charge in [0.2, 0.25) is 0 Å². The van der Waals surface area contributed by atoms with Crippen molar-refractivity contribution in [2.45, 2.75) is 31.8 Å². The lowest BCUT2D eigenvalue weighted by atomic mass is 10.1. The van der Waals surface area contributed by atoms with Gasteiger partial charge in [-0.1, -0.05) is 47.5 Å². The van der Waals surface area contributed by atoms with Gasteiger partial charge in [-0.3, -0.25) is 0 Å². The second-order valence-corrected chi connectivity index (χ2v) is 7.48. The molecule has 2 aromatic rings. The second-order valence-electron chi connectivity index (χ2n) is 5.48. The van der Waals surface area contributed by atoms with Crippen LogP contribution in [0.2, 0.25) is 0 Å². The standard InChI is InChI=1S/C17H20O3S/c1-12-4-7-15(8-5-12)16(18)11-21(19,20)17-9-6-13(2)10-14(17)3/h4-10,16,18H,11H2,1-3H3. The van der Waals surface area contributed by atoms with Gasteiger partial charge in [0.05, 0.1) is 16.8 Å². The minimum Gasteiger partial charge on any atom is -0.387 e. The van der Waals surface area contributed by atoms with E-state index in [0.29, 0.717) is 16.0 Å². The summed E-state index contributed by atoms with van der Waals surface area (Å²) in [5, 5.41) is 10.2. The van der Waals surface area contributed by atoms with Crippen LogP contribution in [-0.4, -0.2) is 19.3 Å². The molecule has 0 saturated carbocycles. The maximum absolute atomic E-state index is 12.5. The Kier molecular flexibility index (Phi) is 4.49. The summed E-state index contributed by atoms with van der Waals surface area (Å²) in [5.41, 5.74) is 3.42. The number of benzene rings is 2. The zero-order chi connectivity index (χ0) is 15.6. The van der Waals surface area contributed by atoms with Crippen molar-refractivity contribution >= 4 is 9.84 Å². The minimum atomic E-state index is -3.52. The Morgan fingerprint density at radius 3 is 2.10 bits per heavy atom. The number of hydrogen-bond donors (Lipinski definition) is 1. The largest absolute Gasteiger partial charge is 0.387 e. The van der Waals surface area contributed by atoms with Crippen LogP contribution in [0.5, 0.6) is 0 Å². The lowest BCUT2D eigenvalue weighted by molar-refractivity contribution is 0.201. The Balaban J connectivity index is 2.26. The molecule has 3 nitrogen and oxygen atoms in total. The fourth-order valence-corrected chi connectivity index (χ4v) is 3.94. The Morgan fingerprint density at radius 2 is 1.52 bits per heavy atom. The number of rotatable bonds is 4. The number of sulfone groups is 1. The average Bonchev–Trinajstić information content (AvgIpc) is 2.38. The lowest BCUT2D eigenvalue weighted by Gasteiger charge is -2.13. The lowest BCUT2D eigenvalue weighted by Crippen LogP contribution is -2.15. The summed E-state index contributed by atoms with van der Waals surface area (Å²) in [5.74, 6) is -0.306. The summed E-state index contributed by atoms with van der Waals surface area (Å²) >= 11 is 0. The van der Waals surface area contributed by atoms with E-state index in [-0.39, 0.29) is 5.75 Å². The Morgan fingerprint density at radius 1 is 0.952 bits per heavy atom. The zero-order valence-electron chi connectivity index (χ0n) is 12.5. The molecule has 0 bridgehead atoms. The van der Waals surface area contributed by atoms with Crippen molar-refractivity contribution in [3.05, 3.63) is 64.7 Å². The normalized spacial score (nSPS) is 13.1. The monoisotopic (exact) mass is 304 g/mol. The highest BCUT2D eigenvalue weighted by molar-refractivity contribution is 7.91. The molecule has 0 amide bonds. The highest BCUT2D eigenvalue weighted by atomic mass is 32.2. The molecule has 21 heavy (non-hydrogen) atoms. The predicted octanol–water partition coefficient (Wildman–Crippen LogP) is 3.12. The predicted molar refractivity (Wildman–Crippen MR) is 84.1 cm³/mol. The van der Waals surface area contributed by atoms with E-state index < -0.39 is 15.9 Å². The summed E-state index contributed by atoms with van der Waals surface area (Å²) in [6.07, 6.45) is -1.02. The first kappa shape index (κ1) is 15.7. The topological polar surface area (TPSA) is 54.4 Å². The van der Waals surface area contributed by atoms with E-state index >= 15 is 0 Å². The molecule has 1 atom stereocenters. The van der Waals surface area contributed by atoms with E-state index in [1.165, 1.54) is 0 Å². The summed E-state index contributed by atoms with van der Waals surface area (Å²) in [6.45, 7) is 5.64. The third-order valence-corrected chi connectivity index (χ3v) is 5.39. The molecular weight excluding hydrogens is 284 g/mol. The van der Waals surface area contributed by atoms with Crippen molar-refractivity contribution in [1.82, 2.24) is 0 Å². The minimum absolute atomic E-state index is 0.291. The SMILES string of the molecule is Cc1ccc(C(O)CS(=O)(=O)c2ccc(C)cc2C)cc1. The molecule has 112 valence electrons. The molecule has 0 fully saturated rings. The first-order valence-corrected chi connectivity index (χ1v) is 8.49. The first-order chi connectivity index (χ1) is 9.79. The molecule has 0 aliphatic heterocycles. The summed E-state index contributed by atoms with van der Waals surface area (Å²) in [4.78, 5) is 0.291. The molecule has 0 spiro atoms. The molecule has 0 radical (unpaired) electrons. The molecule has 1 unspecified atom stereocenters. The van der Waals surface area contributed by atoms with Crippen molar-refractivity contribution in [3.63, 3.8) is 0 Å². The van der Waals surface area contributed by atoms with Crippen LogP contribution in [0.25, 0.3) is 0 Å². The molecule has 0 aliphatic rings. The first-order valence-electron chi connectivity index (χ1n) is 6.84. The molecule has 0 aromatic heterocycles. The van der Waals surface area contributed by atoms with Gasteiger partial charge in [0.25, 0.3) is 0 Å². The van der Waals surface area contributed by atoms with Crippen LogP contribution in [0.1, 0.15) is 28.4 Å². The smallest absolute Gasteiger partial charge is 0.181 e. The molecule has 0 saturated heterocycles. The Bertz CT molecular complexity index is 731. The maximum Gasteiger partial charge on any atom is 0.181 e. The van der Waals surface area contributed by atoms with Crippen LogP contribution >= 0.6 is 0 Å². The third-order valence-electron chi connectivity index (χ3n) is 3.50. The molecule has 2 rings (SSSR count). The van der Waals surface area contributed by atoms with E-state index in [1.54, 1.807) is 31.2 Å². The quantitative estimate of drug-likeness (QED) is 0.944. The van der Waals surface area contributed by atoms with Crippen molar-refractivity contribution in [2.75, 3.05) is 5.75 Å². The maximum atomic E-state index is 12.5. The molecule has 0 aliphatic carbocycles. The van der Waals surface area contributed by atoms with E-state index in [4.69, 9.17) is 0 Å². The van der Waals surface area contributed by atoms with Gasteiger partial charge in [0.15, 0.2) is 9.84 Å². The van der Waals surface area contributed by atoms with Gasteiger partial charge in [0.1, 0.15) is 0 Å². The van der Waals surface area contributed by atoms with Gasteiger partial charge in [-0.25, -0.2) is 8.42 Å². The average molecular weight is 304 g/mol. The van der Waals surface area contributed by atoms with Crippen LogP contribution in [0.4, 0.5) is 0 Å². The number of aryl methyl sites for hydroxylation is 3. The zero-order valence-corrected chi connectivity index (χ0v) is 13.3. The van der Waals surface area contributed by atoms with Crippen LogP contribution < -0.4 is 0 Å². The molecule has 0 heterocycles. The van der Waals surface area contributed by atoms with Gasteiger partial charge in [-0.15, -0.1) is 0 Å². The van der Waals surface area contributed by atoms with Crippen molar-refractivity contribution in [3.8, 4) is 0 Å². The fraction of sp³-hybridized carbons (Fsp3) is 0.294. The number of aliphatic hydroxyl groups is 1. The summed E-state index contributed by atoms with van der Waals surface area (Å²) in [6, 6.07) is 12.5. The van der Waals surface area contributed by atoms with Crippen LogP contribution in [0.3, 0.4) is 0 Å². The third kappa shape index (κ3) is 3.71. The van der Waals surface area contributed by atoms with Gasteiger partial charge < -0.3 is 5.11 Å². The molecule has 2 aromatic carbocycles. The Labute approximate surface area is 126 Å². The summed E-state index contributed by atoms with van der Waals surface area (Å²) in [7, 11) is -3.52. The highest BCUT2D eigenvalue weighted by Crippen LogP contribution is 2.23. The van der Waals surface area contributed by atoms with Crippen molar-refractivity contribution in [2.24, 2.45) is 0 Å². The number of hydrogen-bond acceptors (Lipinski definition) is 3. The van der Waals surface area contributed by atoms with E-state index in [1.807, 2.05) is 32.0 Å². The van der Waals surface area contributed by atoms with E-state index in [2.05, 4.69) is 0 Å². The van der Waals surface area contributed by atoms with Crippen molar-refractivity contribution in [1.29, 1.82) is 0 Å². The van der Waals surface area contributed by atoms with Gasteiger partial charge >= 0.3 is 0 Å². The second kappa shape index (κ2) is 6.00. The molecule has 1 N–H and O–H groups in total. The van der Waals surface area contributed by atoms with E-state index in [0.717, 1.165) is 11.1 Å². The van der Waals surface area contributed by atoms with Gasteiger partial charge in [-0.2, -0.15) is 0 Å². The van der Waals surface area contributed by atoms with E-state index in [9.17, 15) is 13.5 Å². The van der Waals surface area contributed by atoms with Gasteiger partial charge in [-0.05, 0) is 38.0 Å².